The fourth-order valence-electron chi connectivity index (χ4n) is 2.97. The van der Waals surface area contributed by atoms with Crippen LogP contribution in [0.15, 0.2) is 41.2 Å². The zero-order chi connectivity index (χ0) is 19.0. The molecule has 1 aliphatic heterocycles. The predicted molar refractivity (Wildman–Crippen MR) is 101 cm³/mol. The zero-order valence-corrected chi connectivity index (χ0v) is 15.1. The molecule has 3 N–H and O–H groups in total. The van der Waals surface area contributed by atoms with Crippen molar-refractivity contribution in [2.24, 2.45) is 0 Å². The Morgan fingerprint density at radius 2 is 2.19 bits per heavy atom. The summed E-state index contributed by atoms with van der Waals surface area (Å²) in [6.07, 6.45) is 1.70. The molecule has 3 aromatic rings. The van der Waals surface area contributed by atoms with Crippen molar-refractivity contribution in [2.45, 2.75) is 12.1 Å². The summed E-state index contributed by atoms with van der Waals surface area (Å²) >= 11 is 1.49. The van der Waals surface area contributed by atoms with E-state index in [0.717, 1.165) is 10.9 Å². The van der Waals surface area contributed by atoms with Crippen molar-refractivity contribution in [3.05, 3.63) is 46.8 Å². The van der Waals surface area contributed by atoms with Gasteiger partial charge in [-0.2, -0.15) is 11.3 Å². The Kier molecular flexibility index (Phi) is 4.01. The van der Waals surface area contributed by atoms with Crippen LogP contribution in [-0.4, -0.2) is 34.3 Å². The Morgan fingerprint density at radius 3 is 2.85 bits per heavy atom. The molecular weight excluding hydrogens is 366 g/mol. The van der Waals surface area contributed by atoms with E-state index < -0.39 is 17.5 Å². The third-order valence-corrected chi connectivity index (χ3v) is 5.04. The molecule has 0 aliphatic carbocycles. The van der Waals surface area contributed by atoms with E-state index in [1.165, 1.54) is 15.9 Å². The molecule has 1 saturated heterocycles. The van der Waals surface area contributed by atoms with Gasteiger partial charge >= 0.3 is 6.03 Å². The number of aromatic hydroxyl groups is 1. The van der Waals surface area contributed by atoms with Gasteiger partial charge in [-0.15, -0.1) is 0 Å². The summed E-state index contributed by atoms with van der Waals surface area (Å²) in [4.78, 5) is 24.3. The van der Waals surface area contributed by atoms with Gasteiger partial charge in [0.2, 0.25) is 5.54 Å². The highest BCUT2D eigenvalue weighted by Crippen LogP contribution is 2.31. The molecule has 3 amide bonds. The highest BCUT2D eigenvalue weighted by molar-refractivity contribution is 7.08. The average Bonchev–Trinajstić information content (AvgIpc) is 3.34. The summed E-state index contributed by atoms with van der Waals surface area (Å²) in [6, 6.07) is 6.51. The van der Waals surface area contributed by atoms with Crippen LogP contribution in [-0.2, 0) is 11.3 Å². The number of nitrogens with one attached hydrogen (secondary N) is 2. The maximum atomic E-state index is 12.5. The van der Waals surface area contributed by atoms with E-state index in [4.69, 9.17) is 4.74 Å². The molecule has 136 valence electrons. The number of ether oxygens (including phenoxy) is 1. The molecule has 0 bridgehead atoms. The van der Waals surface area contributed by atoms with Gasteiger partial charge < -0.3 is 19.7 Å². The van der Waals surface area contributed by atoms with E-state index in [2.05, 4.69) is 22.5 Å². The lowest BCUT2D eigenvalue weighted by Crippen LogP contribution is -2.49. The number of methoxy groups -OCH3 is 1. The van der Waals surface area contributed by atoms with E-state index in [1.807, 2.05) is 16.8 Å². The third-order valence-electron chi connectivity index (χ3n) is 4.36. The van der Waals surface area contributed by atoms with Crippen LogP contribution in [0.5, 0.6) is 11.6 Å². The fourth-order valence-corrected chi connectivity index (χ4v) is 3.56. The quantitative estimate of drug-likeness (QED) is 0.478. The van der Waals surface area contributed by atoms with Crippen molar-refractivity contribution >= 4 is 34.0 Å². The number of hydrogen-bond donors (Lipinski definition) is 3. The first-order valence-electron chi connectivity index (χ1n) is 8.05. The van der Waals surface area contributed by atoms with Crippen LogP contribution in [0.4, 0.5) is 4.79 Å². The van der Waals surface area contributed by atoms with Gasteiger partial charge in [-0.3, -0.25) is 10.1 Å². The van der Waals surface area contributed by atoms with Crippen LogP contribution < -0.4 is 15.4 Å². The molecule has 8 heteroatoms. The Morgan fingerprint density at radius 1 is 1.33 bits per heavy atom. The van der Waals surface area contributed by atoms with Crippen LogP contribution in [0.3, 0.4) is 0 Å². The standard InChI is InChI=1S/C19H15N3O4S/c1-26-14-3-2-13-9-22(16(23)15(13)8-14)11-19(17(24)20-18(25)21-19)6-4-12-5-7-27-10-12/h2-3,5,7-10,23H,11H2,1H3,(H2,20,21,24,25)/t19-/m1/s1. The number of amides is 3. The first-order valence-corrected chi connectivity index (χ1v) is 9.00. The molecule has 3 heterocycles. The van der Waals surface area contributed by atoms with Gasteiger partial charge in [0, 0.05) is 27.9 Å². The molecular formula is C19H15N3O4S. The number of carbonyl (C=O) groups is 2. The molecule has 7 nitrogen and oxygen atoms in total. The minimum Gasteiger partial charge on any atom is -0.497 e. The lowest BCUT2D eigenvalue weighted by molar-refractivity contribution is -0.122. The minimum atomic E-state index is -1.48. The second-order valence-electron chi connectivity index (χ2n) is 6.11. The maximum absolute atomic E-state index is 12.5. The number of hydrogen-bond acceptors (Lipinski definition) is 5. The number of imide groups is 1. The van der Waals surface area contributed by atoms with Gasteiger partial charge in [-0.1, -0.05) is 11.8 Å². The van der Waals surface area contributed by atoms with Crippen molar-refractivity contribution in [1.29, 1.82) is 0 Å². The molecule has 0 spiro atoms. The molecule has 27 heavy (non-hydrogen) atoms. The fraction of sp³-hybridized carbons (Fsp3) is 0.158. The Balaban J connectivity index is 1.76. The van der Waals surface area contributed by atoms with Gasteiger partial charge in [0.25, 0.3) is 5.91 Å². The molecule has 2 aromatic heterocycles. The molecule has 0 radical (unpaired) electrons. The van der Waals surface area contributed by atoms with Crippen LogP contribution in [0, 0.1) is 11.8 Å². The number of thiophene rings is 1. The smallest absolute Gasteiger partial charge is 0.323 e. The van der Waals surface area contributed by atoms with Gasteiger partial charge in [0.1, 0.15) is 5.75 Å². The van der Waals surface area contributed by atoms with E-state index in [9.17, 15) is 14.7 Å². The summed E-state index contributed by atoms with van der Waals surface area (Å²) in [5.41, 5.74) is -0.727. The number of fused-ring (bicyclic) bond motifs is 1. The van der Waals surface area contributed by atoms with E-state index in [0.29, 0.717) is 11.1 Å². The number of aromatic nitrogens is 1. The topological polar surface area (TPSA) is 92.6 Å². The number of nitrogens with zero attached hydrogens (tertiary/aromatic N) is 1. The van der Waals surface area contributed by atoms with Crippen molar-refractivity contribution < 1.29 is 19.4 Å². The maximum Gasteiger partial charge on any atom is 0.323 e. The summed E-state index contributed by atoms with van der Waals surface area (Å²) in [6.45, 7) is -0.0372. The zero-order valence-electron chi connectivity index (χ0n) is 14.3. The predicted octanol–water partition coefficient (Wildman–Crippen LogP) is 2.05. The van der Waals surface area contributed by atoms with E-state index >= 15 is 0 Å². The van der Waals surface area contributed by atoms with Crippen molar-refractivity contribution in [3.63, 3.8) is 0 Å². The van der Waals surface area contributed by atoms with Crippen LogP contribution in [0.2, 0.25) is 0 Å². The first kappa shape index (κ1) is 17.0. The second-order valence-corrected chi connectivity index (χ2v) is 6.89. The van der Waals surface area contributed by atoms with Gasteiger partial charge in [0.15, 0.2) is 5.88 Å². The third kappa shape index (κ3) is 2.98. The highest BCUT2D eigenvalue weighted by Gasteiger charge is 2.46. The first-order chi connectivity index (χ1) is 13.0. The van der Waals surface area contributed by atoms with Gasteiger partial charge in [0.05, 0.1) is 13.7 Å². The SMILES string of the molecule is COc1ccc2cn(C[C@@]3(C#Cc4ccsc4)NC(=O)NC3=O)c(O)c2c1. The van der Waals surface area contributed by atoms with Crippen LogP contribution in [0.25, 0.3) is 10.8 Å². The molecule has 1 aromatic carbocycles. The largest absolute Gasteiger partial charge is 0.497 e. The molecule has 4 rings (SSSR count). The number of urea groups is 1. The molecule has 1 aliphatic rings. The summed E-state index contributed by atoms with van der Waals surface area (Å²) in [5, 5.41) is 20.5. The number of benzene rings is 1. The van der Waals surface area contributed by atoms with Crippen LogP contribution in [0.1, 0.15) is 5.56 Å². The molecule has 0 unspecified atom stereocenters. The highest BCUT2D eigenvalue weighted by atomic mass is 32.1. The van der Waals surface area contributed by atoms with E-state index in [-0.39, 0.29) is 12.4 Å². The summed E-state index contributed by atoms with van der Waals surface area (Å²) in [5.74, 6) is 5.82. The van der Waals surface area contributed by atoms with Crippen molar-refractivity contribution in [3.8, 4) is 23.5 Å². The Bertz CT molecular complexity index is 1110. The normalized spacial score (nSPS) is 18.7. The average molecular weight is 381 g/mol. The molecule has 1 atom stereocenters. The van der Waals surface area contributed by atoms with Gasteiger partial charge in [-0.05, 0) is 29.6 Å². The van der Waals surface area contributed by atoms with Crippen LogP contribution >= 0.6 is 11.3 Å². The summed E-state index contributed by atoms with van der Waals surface area (Å²) in [7, 11) is 1.54. The van der Waals surface area contributed by atoms with Crippen molar-refractivity contribution in [2.75, 3.05) is 7.11 Å². The molecule has 0 saturated carbocycles. The lowest BCUT2D eigenvalue weighted by Gasteiger charge is -2.20. The Hall–Kier alpha value is -3.44. The second kappa shape index (κ2) is 6.37. The van der Waals surface area contributed by atoms with E-state index in [1.54, 1.807) is 31.5 Å². The lowest BCUT2D eigenvalue weighted by atomic mass is 10.00. The summed E-state index contributed by atoms with van der Waals surface area (Å²) < 4.78 is 6.69. The van der Waals surface area contributed by atoms with Gasteiger partial charge in [-0.25, -0.2) is 4.79 Å². The number of carbonyl (C=O) groups excluding carboxylic acids is 2. The number of rotatable bonds is 3. The Labute approximate surface area is 158 Å². The molecule has 1 fully saturated rings. The monoisotopic (exact) mass is 381 g/mol. The minimum absolute atomic E-state index is 0.0328. The van der Waals surface area contributed by atoms with Crippen molar-refractivity contribution in [1.82, 2.24) is 15.2 Å².